The van der Waals surface area contributed by atoms with E-state index in [4.69, 9.17) is 10.3 Å². The monoisotopic (exact) mass is 395 g/mol. The first-order valence-corrected chi connectivity index (χ1v) is 9.65. The molecule has 3 heterocycles. The molecule has 2 atom stereocenters. The van der Waals surface area contributed by atoms with Gasteiger partial charge in [-0.2, -0.15) is 4.98 Å². The highest BCUT2D eigenvalue weighted by Gasteiger charge is 2.34. The molecule has 0 spiro atoms. The summed E-state index contributed by atoms with van der Waals surface area (Å²) in [6.07, 6.45) is 3.69. The number of rotatable bonds is 6. The Morgan fingerprint density at radius 3 is 2.90 bits per heavy atom. The summed E-state index contributed by atoms with van der Waals surface area (Å²) in [4.78, 5) is 23.2. The van der Waals surface area contributed by atoms with Gasteiger partial charge < -0.3 is 15.2 Å². The third-order valence-electron chi connectivity index (χ3n) is 5.07. The zero-order valence-electron chi connectivity index (χ0n) is 15.9. The van der Waals surface area contributed by atoms with E-state index >= 15 is 0 Å². The number of aromatic nitrogens is 3. The summed E-state index contributed by atoms with van der Waals surface area (Å²) in [6, 6.07) is 11.2. The Bertz CT molecular complexity index is 978. The van der Waals surface area contributed by atoms with Gasteiger partial charge in [-0.3, -0.25) is 9.78 Å². The number of benzene rings is 1. The topological polar surface area (TPSA) is 98.1 Å². The molecule has 1 aliphatic heterocycles. The number of amides is 1. The molecule has 29 heavy (non-hydrogen) atoms. The van der Waals surface area contributed by atoms with Gasteiger partial charge in [-0.25, -0.2) is 4.39 Å². The van der Waals surface area contributed by atoms with E-state index in [1.54, 1.807) is 35.4 Å². The van der Waals surface area contributed by atoms with Crippen LogP contribution in [0, 0.1) is 5.82 Å². The van der Waals surface area contributed by atoms with Crippen molar-refractivity contribution in [3.63, 3.8) is 0 Å². The lowest BCUT2D eigenvalue weighted by molar-refractivity contribution is -0.132. The summed E-state index contributed by atoms with van der Waals surface area (Å²) in [6.45, 7) is 0.608. The Morgan fingerprint density at radius 1 is 1.28 bits per heavy atom. The van der Waals surface area contributed by atoms with Crippen LogP contribution >= 0.6 is 0 Å². The van der Waals surface area contributed by atoms with Crippen LogP contribution in [0.5, 0.6) is 0 Å². The first-order chi connectivity index (χ1) is 14.1. The third-order valence-corrected chi connectivity index (χ3v) is 5.07. The maximum absolute atomic E-state index is 13.8. The fourth-order valence-electron chi connectivity index (χ4n) is 3.65. The van der Waals surface area contributed by atoms with Gasteiger partial charge in [0.15, 0.2) is 0 Å². The van der Waals surface area contributed by atoms with Gasteiger partial charge in [-0.05, 0) is 43.0 Å². The summed E-state index contributed by atoms with van der Waals surface area (Å²) in [5.74, 6) is 0.409. The fraction of sp³-hybridized carbons (Fsp3) is 0.333. The molecule has 1 saturated heterocycles. The Morgan fingerprint density at radius 2 is 2.10 bits per heavy atom. The van der Waals surface area contributed by atoms with Gasteiger partial charge in [0.1, 0.15) is 17.6 Å². The number of carbonyl (C=O) groups excluding carboxylic acids is 1. The normalized spacial score (nSPS) is 17.4. The molecule has 1 amide bonds. The predicted molar refractivity (Wildman–Crippen MR) is 104 cm³/mol. The van der Waals surface area contributed by atoms with Crippen LogP contribution in [-0.4, -0.2) is 38.5 Å². The van der Waals surface area contributed by atoms with Crippen molar-refractivity contribution in [1.82, 2.24) is 20.0 Å². The molecule has 1 fully saturated rings. The van der Waals surface area contributed by atoms with Gasteiger partial charge in [0.25, 0.3) is 0 Å². The van der Waals surface area contributed by atoms with Crippen molar-refractivity contribution in [3.8, 4) is 11.5 Å². The number of pyridine rings is 1. The molecule has 1 aromatic carbocycles. The second-order valence-corrected chi connectivity index (χ2v) is 7.18. The van der Waals surface area contributed by atoms with Crippen molar-refractivity contribution in [3.05, 3.63) is 65.9 Å². The molecular weight excluding hydrogens is 373 g/mol. The zero-order valence-corrected chi connectivity index (χ0v) is 15.9. The van der Waals surface area contributed by atoms with Crippen LogP contribution in [0.3, 0.4) is 0 Å². The first kappa shape index (κ1) is 19.2. The molecule has 0 aliphatic carbocycles. The molecule has 1 unspecified atom stereocenters. The number of halogens is 1. The van der Waals surface area contributed by atoms with Crippen molar-refractivity contribution in [2.75, 3.05) is 6.54 Å². The SMILES string of the molecule is N[C@@H](CC(=O)N1CCCC1c1nc(-c2ccccn2)no1)Cc1ccccc1F. The Balaban J connectivity index is 1.42. The standard InChI is InChI=1S/C21H22FN5O2/c22-16-7-2-1-6-14(16)12-15(23)13-19(28)27-11-5-9-18(27)21-25-20(26-29-21)17-8-3-4-10-24-17/h1-4,6-8,10,15,18H,5,9,11-13,23H2/t15-,18?/m1/s1. The minimum atomic E-state index is -0.465. The zero-order chi connectivity index (χ0) is 20.2. The second kappa shape index (κ2) is 8.48. The van der Waals surface area contributed by atoms with E-state index in [2.05, 4.69) is 15.1 Å². The van der Waals surface area contributed by atoms with Crippen LogP contribution in [-0.2, 0) is 11.2 Å². The Hall–Kier alpha value is -3.13. The Kier molecular flexibility index (Phi) is 5.62. The molecule has 8 heteroatoms. The first-order valence-electron chi connectivity index (χ1n) is 9.65. The fourth-order valence-corrected chi connectivity index (χ4v) is 3.65. The molecule has 0 bridgehead atoms. The summed E-state index contributed by atoms with van der Waals surface area (Å²) < 4.78 is 19.3. The highest BCUT2D eigenvalue weighted by Crippen LogP contribution is 2.32. The highest BCUT2D eigenvalue weighted by molar-refractivity contribution is 5.77. The van der Waals surface area contributed by atoms with Crippen molar-refractivity contribution in [2.24, 2.45) is 5.73 Å². The lowest BCUT2D eigenvalue weighted by atomic mass is 10.0. The van der Waals surface area contributed by atoms with Crippen molar-refractivity contribution < 1.29 is 13.7 Å². The second-order valence-electron chi connectivity index (χ2n) is 7.18. The third kappa shape index (κ3) is 4.32. The van der Waals surface area contributed by atoms with Gasteiger partial charge >= 0.3 is 0 Å². The average Bonchev–Trinajstić information content (AvgIpc) is 3.40. The van der Waals surface area contributed by atoms with E-state index in [1.807, 2.05) is 12.1 Å². The molecule has 4 rings (SSSR count). The minimum Gasteiger partial charge on any atom is -0.337 e. The molecule has 2 N–H and O–H groups in total. The molecule has 150 valence electrons. The molecule has 3 aromatic rings. The highest BCUT2D eigenvalue weighted by atomic mass is 19.1. The molecular formula is C21H22FN5O2. The van der Waals surface area contributed by atoms with Crippen LogP contribution in [0.25, 0.3) is 11.5 Å². The van der Waals surface area contributed by atoms with Crippen molar-refractivity contribution in [1.29, 1.82) is 0 Å². The van der Waals surface area contributed by atoms with Crippen molar-refractivity contribution in [2.45, 2.75) is 37.8 Å². The maximum Gasteiger partial charge on any atom is 0.249 e. The number of nitrogens with two attached hydrogens (primary N) is 1. The van der Waals surface area contributed by atoms with E-state index in [1.165, 1.54) is 6.07 Å². The number of hydrogen-bond acceptors (Lipinski definition) is 6. The summed E-state index contributed by atoms with van der Waals surface area (Å²) in [7, 11) is 0. The van der Waals surface area contributed by atoms with Crippen LogP contribution in [0.15, 0.2) is 53.2 Å². The number of likely N-dealkylation sites (tertiary alicyclic amines) is 1. The van der Waals surface area contributed by atoms with E-state index in [0.29, 0.717) is 35.9 Å². The summed E-state index contributed by atoms with van der Waals surface area (Å²) >= 11 is 0. The van der Waals surface area contributed by atoms with Crippen LogP contribution in [0.1, 0.15) is 36.8 Å². The van der Waals surface area contributed by atoms with Gasteiger partial charge in [0, 0.05) is 25.2 Å². The van der Waals surface area contributed by atoms with Gasteiger partial charge in [0.2, 0.25) is 17.6 Å². The molecule has 1 aliphatic rings. The quantitative estimate of drug-likeness (QED) is 0.689. The minimum absolute atomic E-state index is 0.0890. The van der Waals surface area contributed by atoms with Crippen LogP contribution in [0.2, 0.25) is 0 Å². The van der Waals surface area contributed by atoms with Gasteiger partial charge in [-0.1, -0.05) is 29.4 Å². The average molecular weight is 395 g/mol. The van der Waals surface area contributed by atoms with E-state index in [0.717, 1.165) is 12.8 Å². The smallest absolute Gasteiger partial charge is 0.249 e. The maximum atomic E-state index is 13.8. The number of nitrogens with zero attached hydrogens (tertiary/aromatic N) is 4. The van der Waals surface area contributed by atoms with Crippen LogP contribution in [0.4, 0.5) is 4.39 Å². The molecule has 7 nitrogen and oxygen atoms in total. The van der Waals surface area contributed by atoms with Gasteiger partial charge in [0.05, 0.1) is 0 Å². The van der Waals surface area contributed by atoms with Crippen molar-refractivity contribution >= 4 is 5.91 Å². The number of carbonyl (C=O) groups is 1. The number of hydrogen-bond donors (Lipinski definition) is 1. The summed E-state index contributed by atoms with van der Waals surface area (Å²) in [5.41, 5.74) is 7.27. The van der Waals surface area contributed by atoms with E-state index in [9.17, 15) is 9.18 Å². The van der Waals surface area contributed by atoms with Gasteiger partial charge in [-0.15, -0.1) is 0 Å². The molecule has 2 aromatic heterocycles. The van der Waals surface area contributed by atoms with E-state index in [-0.39, 0.29) is 24.2 Å². The van der Waals surface area contributed by atoms with E-state index < -0.39 is 6.04 Å². The van der Waals surface area contributed by atoms with Crippen LogP contribution < -0.4 is 5.73 Å². The largest absolute Gasteiger partial charge is 0.337 e. The summed E-state index contributed by atoms with van der Waals surface area (Å²) in [5, 5.41) is 4.00. The Labute approximate surface area is 167 Å². The molecule has 0 saturated carbocycles. The predicted octanol–water partition coefficient (Wildman–Crippen LogP) is 2.89. The lowest BCUT2D eigenvalue weighted by Crippen LogP contribution is -2.36. The lowest BCUT2D eigenvalue weighted by Gasteiger charge is -2.23. The molecule has 0 radical (unpaired) electrons.